The Labute approximate surface area is 93.6 Å². The van der Waals surface area contributed by atoms with Gasteiger partial charge in [0.1, 0.15) is 0 Å². The van der Waals surface area contributed by atoms with Crippen LogP contribution < -0.4 is 0 Å². The monoisotopic (exact) mass is 210 g/mol. The smallest absolute Gasteiger partial charge is 0.0334 e. The summed E-state index contributed by atoms with van der Waals surface area (Å²) in [6.07, 6.45) is 4.35. The molecule has 0 aliphatic carbocycles. The first-order valence-corrected chi connectivity index (χ1v) is 5.79. The van der Waals surface area contributed by atoms with Gasteiger partial charge in [0, 0.05) is 9.79 Å². The molecule has 0 spiro atoms. The van der Waals surface area contributed by atoms with Gasteiger partial charge in [-0.1, -0.05) is 66.4 Å². The largest absolute Gasteiger partial charge is 0.0871 e. The fourth-order valence-electron chi connectivity index (χ4n) is 1.59. The fraction of sp³-hybridized carbons (Fsp3) is 0. The van der Waals surface area contributed by atoms with Gasteiger partial charge in [-0.3, -0.25) is 0 Å². The van der Waals surface area contributed by atoms with Gasteiger partial charge in [-0.2, -0.15) is 0 Å². The first-order valence-electron chi connectivity index (χ1n) is 4.97. The van der Waals surface area contributed by atoms with Crippen LogP contribution in [0, 0.1) is 0 Å². The summed E-state index contributed by atoms with van der Waals surface area (Å²) in [7, 11) is 0. The summed E-state index contributed by atoms with van der Waals surface area (Å²) in [5.41, 5.74) is 2.59. The van der Waals surface area contributed by atoms with E-state index >= 15 is 0 Å². The number of benzene rings is 2. The highest BCUT2D eigenvalue weighted by Gasteiger charge is 2.19. The second-order valence-corrected chi connectivity index (χ2v) is 4.57. The standard InChI is InChI=1S/C14H10S/c1-2-5-11(6-3-1)9-10-12-7-4-8-13-14(12)15-13/h1-10H/b10-9-. The minimum absolute atomic E-state index is 1.25. The second-order valence-electron chi connectivity index (χ2n) is 3.52. The van der Waals surface area contributed by atoms with Crippen molar-refractivity contribution in [1.82, 2.24) is 0 Å². The first-order chi connectivity index (χ1) is 7.43. The summed E-state index contributed by atoms with van der Waals surface area (Å²) in [4.78, 5) is 2.86. The van der Waals surface area contributed by atoms with Crippen LogP contribution in [0.2, 0.25) is 0 Å². The van der Waals surface area contributed by atoms with Crippen molar-refractivity contribution < 1.29 is 0 Å². The van der Waals surface area contributed by atoms with Gasteiger partial charge in [0.15, 0.2) is 0 Å². The van der Waals surface area contributed by atoms with Crippen molar-refractivity contribution in [3.05, 3.63) is 59.7 Å². The van der Waals surface area contributed by atoms with Gasteiger partial charge in [-0.15, -0.1) is 0 Å². The highest BCUT2D eigenvalue weighted by Crippen LogP contribution is 2.50. The predicted octanol–water partition coefficient (Wildman–Crippen LogP) is 4.32. The molecule has 0 aromatic heterocycles. The third-order valence-corrected chi connectivity index (χ3v) is 3.45. The zero-order valence-corrected chi connectivity index (χ0v) is 9.00. The van der Waals surface area contributed by atoms with Crippen LogP contribution in [0.25, 0.3) is 12.2 Å². The Morgan fingerprint density at radius 1 is 0.800 bits per heavy atom. The van der Waals surface area contributed by atoms with Crippen molar-refractivity contribution in [2.45, 2.75) is 9.79 Å². The Hall–Kier alpha value is -1.47. The summed E-state index contributed by atoms with van der Waals surface area (Å²) in [6, 6.07) is 16.8. The van der Waals surface area contributed by atoms with E-state index in [1.165, 1.54) is 20.9 Å². The van der Waals surface area contributed by atoms with E-state index in [-0.39, 0.29) is 0 Å². The molecular weight excluding hydrogens is 200 g/mol. The average Bonchev–Trinajstić information content (AvgIpc) is 3.07. The molecule has 2 aromatic rings. The van der Waals surface area contributed by atoms with Crippen LogP contribution in [0.5, 0.6) is 0 Å². The highest BCUT2D eigenvalue weighted by atomic mass is 32.2. The molecule has 2 aromatic carbocycles. The van der Waals surface area contributed by atoms with Gasteiger partial charge >= 0.3 is 0 Å². The first kappa shape index (κ1) is 8.81. The van der Waals surface area contributed by atoms with Crippen molar-refractivity contribution in [1.29, 1.82) is 0 Å². The zero-order chi connectivity index (χ0) is 10.1. The Balaban J connectivity index is 1.88. The lowest BCUT2D eigenvalue weighted by atomic mass is 10.1. The molecule has 1 heterocycles. The lowest BCUT2D eigenvalue weighted by Gasteiger charge is -1.92. The van der Waals surface area contributed by atoms with Crippen LogP contribution in [0.3, 0.4) is 0 Å². The molecule has 0 bridgehead atoms. The van der Waals surface area contributed by atoms with Gasteiger partial charge < -0.3 is 0 Å². The van der Waals surface area contributed by atoms with Crippen LogP contribution in [0.15, 0.2) is 58.3 Å². The molecule has 0 fully saturated rings. The Morgan fingerprint density at radius 2 is 1.67 bits per heavy atom. The number of fused-ring (bicyclic) bond motifs is 1. The van der Waals surface area contributed by atoms with Crippen molar-refractivity contribution in [3.8, 4) is 0 Å². The molecule has 3 rings (SSSR count). The van der Waals surface area contributed by atoms with Crippen LogP contribution in [0.4, 0.5) is 0 Å². The van der Waals surface area contributed by atoms with E-state index < -0.39 is 0 Å². The molecule has 0 radical (unpaired) electrons. The summed E-state index contributed by atoms with van der Waals surface area (Å²) < 4.78 is 0. The van der Waals surface area contributed by atoms with Gasteiger partial charge in [0.25, 0.3) is 0 Å². The summed E-state index contributed by atoms with van der Waals surface area (Å²) in [5.74, 6) is 0. The lowest BCUT2D eigenvalue weighted by Crippen LogP contribution is -1.70. The number of hydrogen-bond donors (Lipinski definition) is 0. The van der Waals surface area contributed by atoms with E-state index in [0.717, 1.165) is 0 Å². The van der Waals surface area contributed by atoms with Crippen molar-refractivity contribution in [2.24, 2.45) is 0 Å². The third kappa shape index (κ3) is 1.83. The molecule has 0 saturated heterocycles. The van der Waals surface area contributed by atoms with Crippen LogP contribution >= 0.6 is 11.8 Å². The van der Waals surface area contributed by atoms with Crippen LogP contribution in [-0.4, -0.2) is 0 Å². The molecule has 0 atom stereocenters. The molecule has 0 nitrogen and oxygen atoms in total. The number of rotatable bonds is 2. The predicted molar refractivity (Wildman–Crippen MR) is 65.9 cm³/mol. The van der Waals surface area contributed by atoms with E-state index in [1.807, 2.05) is 17.8 Å². The van der Waals surface area contributed by atoms with Gasteiger partial charge in [0.2, 0.25) is 0 Å². The van der Waals surface area contributed by atoms with Gasteiger partial charge in [-0.05, 0) is 17.2 Å². The van der Waals surface area contributed by atoms with Crippen molar-refractivity contribution in [3.63, 3.8) is 0 Å². The molecule has 15 heavy (non-hydrogen) atoms. The molecule has 0 saturated carbocycles. The van der Waals surface area contributed by atoms with Crippen LogP contribution in [0.1, 0.15) is 11.1 Å². The Morgan fingerprint density at radius 3 is 2.53 bits per heavy atom. The molecule has 72 valence electrons. The molecule has 1 aliphatic heterocycles. The van der Waals surface area contributed by atoms with Crippen LogP contribution in [-0.2, 0) is 0 Å². The maximum atomic E-state index is 2.19. The number of hydrogen-bond acceptors (Lipinski definition) is 1. The second kappa shape index (κ2) is 3.59. The highest BCUT2D eigenvalue weighted by molar-refractivity contribution is 8.05. The van der Waals surface area contributed by atoms with E-state index in [4.69, 9.17) is 0 Å². The van der Waals surface area contributed by atoms with Gasteiger partial charge in [-0.25, -0.2) is 0 Å². The Bertz CT molecular complexity index is 512. The molecule has 0 N–H and O–H groups in total. The van der Waals surface area contributed by atoms with E-state index in [1.54, 1.807) is 0 Å². The molecular formula is C14H10S. The maximum absolute atomic E-state index is 2.19. The summed E-state index contributed by atoms with van der Waals surface area (Å²) in [5, 5.41) is 0. The van der Waals surface area contributed by atoms with Gasteiger partial charge in [0.05, 0.1) is 0 Å². The SMILES string of the molecule is C(=C/c1cccc2c1S2)/c1ccccc1. The van der Waals surface area contributed by atoms with Crippen molar-refractivity contribution in [2.75, 3.05) is 0 Å². The molecule has 0 amide bonds. The van der Waals surface area contributed by atoms with E-state index in [0.29, 0.717) is 0 Å². The Kier molecular flexibility index (Phi) is 2.11. The topological polar surface area (TPSA) is 0 Å². The van der Waals surface area contributed by atoms with E-state index in [2.05, 4.69) is 54.6 Å². The maximum Gasteiger partial charge on any atom is 0.0334 e. The minimum Gasteiger partial charge on any atom is -0.0871 e. The minimum atomic E-state index is 1.25. The van der Waals surface area contributed by atoms with E-state index in [9.17, 15) is 0 Å². The summed E-state index contributed by atoms with van der Waals surface area (Å²) in [6.45, 7) is 0. The quantitative estimate of drug-likeness (QED) is 0.448. The molecule has 1 heteroatoms. The average molecular weight is 210 g/mol. The molecule has 0 unspecified atom stereocenters. The third-order valence-electron chi connectivity index (χ3n) is 2.43. The fourth-order valence-corrected chi connectivity index (χ4v) is 2.35. The van der Waals surface area contributed by atoms with Crippen molar-refractivity contribution >= 4 is 23.9 Å². The summed E-state index contributed by atoms with van der Waals surface area (Å²) >= 11 is 1.87. The normalized spacial score (nSPS) is 12.8. The lowest BCUT2D eigenvalue weighted by molar-refractivity contribution is 1.35. The zero-order valence-electron chi connectivity index (χ0n) is 8.18. The molecule has 1 aliphatic rings.